The van der Waals surface area contributed by atoms with E-state index in [-0.39, 0.29) is 0 Å². The summed E-state index contributed by atoms with van der Waals surface area (Å²) in [6.07, 6.45) is 1.75. The maximum atomic E-state index is 5.19. The van der Waals surface area contributed by atoms with Crippen LogP contribution in [-0.4, -0.2) is 27.5 Å². The van der Waals surface area contributed by atoms with Crippen molar-refractivity contribution >= 4 is 22.1 Å². The van der Waals surface area contributed by atoms with Crippen molar-refractivity contribution in [3.05, 3.63) is 22.2 Å². The second-order valence-electron chi connectivity index (χ2n) is 2.63. The number of halogens is 1. The zero-order valence-corrected chi connectivity index (χ0v) is 9.96. The fourth-order valence-electron chi connectivity index (χ4n) is 1.11. The van der Waals surface area contributed by atoms with Crippen molar-refractivity contribution in [2.24, 2.45) is 4.99 Å². The van der Waals surface area contributed by atoms with Gasteiger partial charge in [0, 0.05) is 13.3 Å². The van der Waals surface area contributed by atoms with Crippen LogP contribution in [0.5, 0.6) is 11.5 Å². The number of ether oxygens (including phenoxy) is 2. The van der Waals surface area contributed by atoms with E-state index in [0.29, 0.717) is 0 Å². The lowest BCUT2D eigenvalue weighted by atomic mass is 10.2. The van der Waals surface area contributed by atoms with Gasteiger partial charge in [0.25, 0.3) is 0 Å². The molecule has 0 saturated carbocycles. The lowest BCUT2D eigenvalue weighted by Gasteiger charge is -2.09. The third-order valence-electron chi connectivity index (χ3n) is 1.75. The molecule has 0 radical (unpaired) electrons. The first-order chi connectivity index (χ1) is 6.72. The zero-order chi connectivity index (χ0) is 10.6. The molecule has 14 heavy (non-hydrogen) atoms. The summed E-state index contributed by atoms with van der Waals surface area (Å²) in [4.78, 5) is 3.93. The second-order valence-corrected chi connectivity index (χ2v) is 3.42. The normalized spacial score (nSPS) is 10.6. The summed E-state index contributed by atoms with van der Waals surface area (Å²) in [5, 5.41) is 0. The highest BCUT2D eigenvalue weighted by Gasteiger charge is 2.08. The maximum absolute atomic E-state index is 5.19. The fourth-order valence-corrected chi connectivity index (χ4v) is 1.67. The largest absolute Gasteiger partial charge is 0.495 e. The van der Waals surface area contributed by atoms with Crippen molar-refractivity contribution in [2.75, 3.05) is 21.3 Å². The van der Waals surface area contributed by atoms with Crippen molar-refractivity contribution in [1.29, 1.82) is 0 Å². The molecule has 4 heteroatoms. The summed E-state index contributed by atoms with van der Waals surface area (Å²) >= 11 is 3.39. The highest BCUT2D eigenvalue weighted by atomic mass is 79.9. The molecule has 1 aromatic rings. The van der Waals surface area contributed by atoms with Crippen molar-refractivity contribution in [3.63, 3.8) is 0 Å². The lowest BCUT2D eigenvalue weighted by Crippen LogP contribution is -1.92. The topological polar surface area (TPSA) is 30.8 Å². The summed E-state index contributed by atoms with van der Waals surface area (Å²) in [7, 11) is 4.96. The zero-order valence-electron chi connectivity index (χ0n) is 8.37. The smallest absolute Gasteiger partial charge is 0.137 e. The highest BCUT2D eigenvalue weighted by Crippen LogP contribution is 2.35. The Labute approximate surface area is 91.9 Å². The SMILES string of the molecule is CN=Cc1cc(OC)c(Br)c(OC)c1. The molecular formula is C10H12BrNO2. The number of rotatable bonds is 3. The molecule has 0 aliphatic carbocycles. The molecule has 0 atom stereocenters. The molecule has 0 aliphatic heterocycles. The van der Waals surface area contributed by atoms with Gasteiger partial charge >= 0.3 is 0 Å². The number of nitrogens with zero attached hydrogens (tertiary/aromatic N) is 1. The maximum Gasteiger partial charge on any atom is 0.137 e. The Hall–Kier alpha value is -1.03. The monoisotopic (exact) mass is 257 g/mol. The van der Waals surface area contributed by atoms with Crippen LogP contribution in [0.15, 0.2) is 21.6 Å². The van der Waals surface area contributed by atoms with Gasteiger partial charge in [-0.3, -0.25) is 4.99 Å². The van der Waals surface area contributed by atoms with Gasteiger partial charge in [-0.25, -0.2) is 0 Å². The number of methoxy groups -OCH3 is 2. The number of benzene rings is 1. The van der Waals surface area contributed by atoms with Gasteiger partial charge in [0.05, 0.1) is 14.2 Å². The third-order valence-corrected chi connectivity index (χ3v) is 2.53. The van der Waals surface area contributed by atoms with Crippen molar-refractivity contribution in [2.45, 2.75) is 0 Å². The van der Waals surface area contributed by atoms with Gasteiger partial charge in [0.2, 0.25) is 0 Å². The molecule has 0 heterocycles. The van der Waals surface area contributed by atoms with Crippen LogP contribution < -0.4 is 9.47 Å². The van der Waals surface area contributed by atoms with Crippen LogP contribution in [0.3, 0.4) is 0 Å². The minimum absolute atomic E-state index is 0.735. The van der Waals surface area contributed by atoms with Crippen molar-refractivity contribution in [3.8, 4) is 11.5 Å². The second kappa shape index (κ2) is 5.00. The molecule has 3 nitrogen and oxygen atoms in total. The molecule has 0 amide bonds. The standard InChI is InChI=1S/C10H12BrNO2/c1-12-6-7-4-8(13-2)10(11)9(5-7)14-3/h4-6H,1-3H3. The summed E-state index contributed by atoms with van der Waals surface area (Å²) in [6.45, 7) is 0. The van der Waals surface area contributed by atoms with Gasteiger partial charge in [-0.15, -0.1) is 0 Å². The van der Waals surface area contributed by atoms with Gasteiger partial charge in [0.1, 0.15) is 16.0 Å². The van der Waals surface area contributed by atoms with Crippen LogP contribution in [-0.2, 0) is 0 Å². The molecular weight excluding hydrogens is 246 g/mol. The molecule has 1 rings (SSSR count). The molecule has 76 valence electrons. The van der Waals surface area contributed by atoms with E-state index < -0.39 is 0 Å². The van der Waals surface area contributed by atoms with Crippen LogP contribution in [0.25, 0.3) is 0 Å². The Morgan fingerprint density at radius 2 is 1.71 bits per heavy atom. The Bertz CT molecular complexity index is 325. The van der Waals surface area contributed by atoms with Crippen LogP contribution >= 0.6 is 15.9 Å². The molecule has 1 aromatic carbocycles. The Kier molecular flexibility index (Phi) is 3.95. The molecule has 0 aliphatic rings. The van der Waals surface area contributed by atoms with Crippen LogP contribution in [0.1, 0.15) is 5.56 Å². The molecule has 0 N–H and O–H groups in total. The minimum atomic E-state index is 0.735. The minimum Gasteiger partial charge on any atom is -0.495 e. The van der Waals surface area contributed by atoms with Gasteiger partial charge in [-0.05, 0) is 33.6 Å². The van der Waals surface area contributed by atoms with Crippen molar-refractivity contribution < 1.29 is 9.47 Å². The van der Waals surface area contributed by atoms with E-state index in [9.17, 15) is 0 Å². The van der Waals surface area contributed by atoms with Gasteiger partial charge in [-0.2, -0.15) is 0 Å². The average molecular weight is 258 g/mol. The first kappa shape index (κ1) is 11.0. The summed E-state index contributed by atoms with van der Waals surface area (Å²) in [6, 6.07) is 3.78. The van der Waals surface area contributed by atoms with E-state index in [1.807, 2.05) is 12.1 Å². The summed E-state index contributed by atoms with van der Waals surface area (Å²) in [5.41, 5.74) is 0.949. The number of aliphatic imine (C=N–C) groups is 1. The van der Waals surface area contributed by atoms with Gasteiger partial charge < -0.3 is 9.47 Å². The Morgan fingerprint density at radius 3 is 2.07 bits per heavy atom. The van der Waals surface area contributed by atoms with E-state index in [4.69, 9.17) is 9.47 Å². The molecule has 0 saturated heterocycles. The molecule has 0 aromatic heterocycles. The molecule has 0 spiro atoms. The molecule has 0 unspecified atom stereocenters. The number of hydrogen-bond acceptors (Lipinski definition) is 3. The van der Waals surface area contributed by atoms with E-state index >= 15 is 0 Å². The van der Waals surface area contributed by atoms with Crippen LogP contribution in [0.2, 0.25) is 0 Å². The fraction of sp³-hybridized carbons (Fsp3) is 0.300. The first-order valence-electron chi connectivity index (χ1n) is 4.06. The van der Waals surface area contributed by atoms with Crippen molar-refractivity contribution in [1.82, 2.24) is 0 Å². The molecule has 0 bridgehead atoms. The number of hydrogen-bond donors (Lipinski definition) is 0. The highest BCUT2D eigenvalue weighted by molar-refractivity contribution is 9.10. The first-order valence-corrected chi connectivity index (χ1v) is 4.86. The van der Waals surface area contributed by atoms with Gasteiger partial charge in [-0.1, -0.05) is 0 Å². The van der Waals surface area contributed by atoms with Crippen LogP contribution in [0.4, 0.5) is 0 Å². The lowest BCUT2D eigenvalue weighted by molar-refractivity contribution is 0.389. The molecule has 0 fully saturated rings. The quantitative estimate of drug-likeness (QED) is 0.780. The van der Waals surface area contributed by atoms with Crippen LogP contribution in [0, 0.1) is 0 Å². The average Bonchev–Trinajstić information content (AvgIpc) is 2.20. The predicted octanol–water partition coefficient (Wildman–Crippen LogP) is 2.52. The Morgan fingerprint density at radius 1 is 1.21 bits per heavy atom. The summed E-state index contributed by atoms with van der Waals surface area (Å²) < 4.78 is 11.2. The van der Waals surface area contributed by atoms with E-state index in [1.54, 1.807) is 27.5 Å². The third kappa shape index (κ3) is 2.26. The van der Waals surface area contributed by atoms with Gasteiger partial charge in [0.15, 0.2) is 0 Å². The van der Waals surface area contributed by atoms with E-state index in [0.717, 1.165) is 21.5 Å². The van der Waals surface area contributed by atoms with E-state index in [1.165, 1.54) is 0 Å². The Balaban J connectivity index is 3.24. The predicted molar refractivity (Wildman–Crippen MR) is 60.8 cm³/mol. The summed E-state index contributed by atoms with van der Waals surface area (Å²) in [5.74, 6) is 1.47. The van der Waals surface area contributed by atoms with E-state index in [2.05, 4.69) is 20.9 Å².